The van der Waals surface area contributed by atoms with Crippen molar-refractivity contribution < 1.29 is 37.6 Å². The van der Waals surface area contributed by atoms with E-state index < -0.39 is 40.5 Å². The van der Waals surface area contributed by atoms with Crippen LogP contribution in [0.25, 0.3) is 11.1 Å². The number of hydrogen-bond donors (Lipinski definition) is 2. The topological polar surface area (TPSA) is 112 Å². The van der Waals surface area contributed by atoms with Crippen LogP contribution in [0.3, 0.4) is 0 Å². The number of benzene rings is 3. The first-order chi connectivity index (χ1) is 18.4. The molecule has 9 heteroatoms. The summed E-state index contributed by atoms with van der Waals surface area (Å²) in [5.41, 5.74) is 3.86. The Morgan fingerprint density at radius 1 is 0.868 bits per heavy atom. The number of aliphatic hydroxyl groups is 2. The third-order valence-corrected chi connectivity index (χ3v) is 9.44. The molecule has 5 atom stereocenters. The van der Waals surface area contributed by atoms with E-state index in [1.165, 1.54) is 30.7 Å². The molecule has 6 rings (SSSR count). The highest BCUT2D eigenvalue weighted by Gasteiger charge is 2.47. The maximum absolute atomic E-state index is 13.1. The van der Waals surface area contributed by atoms with Crippen LogP contribution < -0.4 is 9.47 Å². The number of aryl methyl sites for hydroxylation is 2. The molecule has 38 heavy (non-hydrogen) atoms. The lowest BCUT2D eigenvalue weighted by molar-refractivity contribution is -0.287. The molecule has 200 valence electrons. The molecule has 1 fully saturated rings. The number of rotatable bonds is 6. The average molecular weight is 539 g/mol. The molecule has 2 aliphatic heterocycles. The predicted molar refractivity (Wildman–Crippen MR) is 138 cm³/mol. The van der Waals surface area contributed by atoms with E-state index in [0.717, 1.165) is 19.3 Å². The zero-order valence-electron chi connectivity index (χ0n) is 20.9. The Bertz CT molecular complexity index is 1450. The lowest BCUT2D eigenvalue weighted by Gasteiger charge is -2.41. The molecular formula is C29H30O8S. The third kappa shape index (κ3) is 4.38. The van der Waals surface area contributed by atoms with Gasteiger partial charge in [-0.3, -0.25) is 0 Å². The summed E-state index contributed by atoms with van der Waals surface area (Å²) in [6, 6.07) is 17.6. The maximum atomic E-state index is 13.1. The summed E-state index contributed by atoms with van der Waals surface area (Å²) < 4.78 is 49.4. The fourth-order valence-electron chi connectivity index (χ4n) is 5.56. The molecule has 0 unspecified atom stereocenters. The Morgan fingerprint density at radius 3 is 2.42 bits per heavy atom. The van der Waals surface area contributed by atoms with Gasteiger partial charge in [0.2, 0.25) is 9.84 Å². The molecular weight excluding hydrogens is 508 g/mol. The van der Waals surface area contributed by atoms with Gasteiger partial charge in [-0.1, -0.05) is 24.3 Å². The van der Waals surface area contributed by atoms with E-state index in [4.69, 9.17) is 18.9 Å². The lowest BCUT2D eigenvalue weighted by atomic mass is 9.92. The van der Waals surface area contributed by atoms with Crippen LogP contribution in [0.5, 0.6) is 11.5 Å². The first-order valence-electron chi connectivity index (χ1n) is 12.8. The number of fused-ring (bicyclic) bond motifs is 4. The van der Waals surface area contributed by atoms with Gasteiger partial charge in [-0.2, -0.15) is 0 Å². The third-order valence-electron chi connectivity index (χ3n) is 7.59. The van der Waals surface area contributed by atoms with E-state index in [1.807, 2.05) is 12.1 Å². The second-order valence-electron chi connectivity index (χ2n) is 9.95. The normalized spacial score (nSPS) is 27.2. The van der Waals surface area contributed by atoms with Crippen molar-refractivity contribution in [1.29, 1.82) is 0 Å². The van der Waals surface area contributed by atoms with Crippen molar-refractivity contribution in [3.8, 4) is 22.6 Å². The Kier molecular flexibility index (Phi) is 6.65. The first kappa shape index (κ1) is 25.3. The van der Waals surface area contributed by atoms with Crippen LogP contribution in [0.15, 0.2) is 70.5 Å². The lowest BCUT2D eigenvalue weighted by Crippen LogP contribution is -2.61. The zero-order chi connectivity index (χ0) is 26.4. The van der Waals surface area contributed by atoms with Crippen LogP contribution in [-0.2, 0) is 32.2 Å². The summed E-state index contributed by atoms with van der Waals surface area (Å²) >= 11 is 0. The van der Waals surface area contributed by atoms with Crippen LogP contribution in [0.4, 0.5) is 0 Å². The molecule has 3 aromatic carbocycles. The Labute approximate surface area is 221 Å². The van der Waals surface area contributed by atoms with Crippen LogP contribution in [-0.4, -0.2) is 63.1 Å². The van der Waals surface area contributed by atoms with Crippen LogP contribution in [0, 0.1) is 0 Å². The minimum Gasteiger partial charge on any atom is -0.491 e. The second-order valence-corrected chi connectivity index (χ2v) is 11.8. The van der Waals surface area contributed by atoms with Gasteiger partial charge < -0.3 is 29.2 Å². The molecule has 2 heterocycles. The first-order valence-corrected chi connectivity index (χ1v) is 14.3. The van der Waals surface area contributed by atoms with E-state index in [0.29, 0.717) is 16.9 Å². The van der Waals surface area contributed by atoms with E-state index in [9.17, 15) is 18.6 Å². The van der Waals surface area contributed by atoms with E-state index >= 15 is 0 Å². The van der Waals surface area contributed by atoms with Crippen molar-refractivity contribution in [2.24, 2.45) is 0 Å². The van der Waals surface area contributed by atoms with Crippen molar-refractivity contribution >= 4 is 9.84 Å². The fraction of sp³-hybridized carbons (Fsp3) is 0.379. The van der Waals surface area contributed by atoms with Gasteiger partial charge in [-0.25, -0.2) is 8.42 Å². The summed E-state index contributed by atoms with van der Waals surface area (Å²) in [4.78, 5) is 0.383. The Morgan fingerprint density at radius 2 is 1.61 bits per heavy atom. The van der Waals surface area contributed by atoms with Crippen LogP contribution >= 0.6 is 0 Å². The fourth-order valence-corrected chi connectivity index (χ4v) is 7.26. The smallest absolute Gasteiger partial charge is 0.207 e. The van der Waals surface area contributed by atoms with Crippen molar-refractivity contribution in [1.82, 2.24) is 0 Å². The van der Waals surface area contributed by atoms with Gasteiger partial charge in [-0.15, -0.1) is 0 Å². The van der Waals surface area contributed by atoms with Crippen molar-refractivity contribution in [2.75, 3.05) is 13.7 Å². The number of aliphatic hydroxyl groups excluding tert-OH is 2. The Hall–Kier alpha value is -2.95. The highest BCUT2D eigenvalue weighted by Crippen LogP contribution is 2.44. The summed E-state index contributed by atoms with van der Waals surface area (Å²) in [6.07, 6.45) is -1.20. The molecule has 1 saturated heterocycles. The summed E-state index contributed by atoms with van der Waals surface area (Å²) in [7, 11) is -2.28. The number of ether oxygens (including phenoxy) is 4. The van der Waals surface area contributed by atoms with Crippen molar-refractivity contribution in [3.05, 3.63) is 71.8 Å². The SMILES string of the molecule is CO[C@H]1O[C@H](COc2ccc3c(c2)CCCC3)[C@@H](O)[C@H](O)[C@H]1Oc1ccc2c(c1)S(=O)(=O)c1ccccc1-2. The van der Waals surface area contributed by atoms with Crippen LogP contribution in [0.2, 0.25) is 0 Å². The van der Waals surface area contributed by atoms with Gasteiger partial charge >= 0.3 is 0 Å². The summed E-state index contributed by atoms with van der Waals surface area (Å²) in [5, 5.41) is 21.8. The number of sulfone groups is 1. The highest BCUT2D eigenvalue weighted by atomic mass is 32.2. The van der Waals surface area contributed by atoms with Crippen molar-refractivity contribution in [2.45, 2.75) is 66.2 Å². The monoisotopic (exact) mass is 538 g/mol. The van der Waals surface area contributed by atoms with Gasteiger partial charge in [0.25, 0.3) is 0 Å². The zero-order valence-corrected chi connectivity index (χ0v) is 21.8. The summed E-state index contributed by atoms with van der Waals surface area (Å²) in [5.74, 6) is 0.898. The second kappa shape index (κ2) is 9.98. The maximum Gasteiger partial charge on any atom is 0.207 e. The predicted octanol–water partition coefficient (Wildman–Crippen LogP) is 3.30. The molecule has 0 radical (unpaired) electrons. The van der Waals surface area contributed by atoms with Crippen LogP contribution in [0.1, 0.15) is 24.0 Å². The molecule has 0 amide bonds. The molecule has 3 aromatic rings. The quantitative estimate of drug-likeness (QED) is 0.385. The Balaban J connectivity index is 1.17. The average Bonchev–Trinajstić information content (AvgIpc) is 3.17. The number of hydrogen-bond acceptors (Lipinski definition) is 8. The molecule has 0 aromatic heterocycles. The van der Waals surface area contributed by atoms with E-state index in [-0.39, 0.29) is 22.1 Å². The molecule has 2 N–H and O–H groups in total. The van der Waals surface area contributed by atoms with E-state index in [1.54, 1.807) is 36.4 Å². The molecule has 0 spiro atoms. The van der Waals surface area contributed by atoms with E-state index in [2.05, 4.69) is 6.07 Å². The summed E-state index contributed by atoms with van der Waals surface area (Å²) in [6.45, 7) is 0.0128. The standard InChI is InChI=1S/C29H30O8S/c1-34-29-28(36-20-12-13-22-21-8-4-5-9-24(21)38(32,33)25(22)15-20)27(31)26(30)23(37-29)16-35-19-11-10-17-6-2-3-7-18(17)14-19/h4-5,8-15,23,26-31H,2-3,6-7,16H2,1H3/t23-,26-,27+,28-,29+/m1/s1. The highest BCUT2D eigenvalue weighted by molar-refractivity contribution is 7.92. The minimum atomic E-state index is -3.69. The van der Waals surface area contributed by atoms with Gasteiger partial charge in [-0.05, 0) is 73.2 Å². The minimum absolute atomic E-state index is 0.0128. The molecule has 1 aliphatic carbocycles. The largest absolute Gasteiger partial charge is 0.491 e. The van der Waals surface area contributed by atoms with Gasteiger partial charge in [0, 0.05) is 18.2 Å². The molecule has 0 saturated carbocycles. The van der Waals surface area contributed by atoms with Gasteiger partial charge in [0.15, 0.2) is 12.4 Å². The van der Waals surface area contributed by atoms with Gasteiger partial charge in [0.1, 0.15) is 36.4 Å². The number of methoxy groups -OCH3 is 1. The molecule has 3 aliphatic rings. The molecule has 8 nitrogen and oxygen atoms in total. The molecule has 0 bridgehead atoms. The van der Waals surface area contributed by atoms with Crippen molar-refractivity contribution in [3.63, 3.8) is 0 Å². The van der Waals surface area contributed by atoms with Gasteiger partial charge in [0.05, 0.1) is 9.79 Å².